The van der Waals surface area contributed by atoms with Crippen LogP contribution in [0.5, 0.6) is 5.75 Å². The molecule has 0 radical (unpaired) electrons. The number of amides is 1. The number of rotatable bonds is 7. The van der Waals surface area contributed by atoms with E-state index in [0.717, 1.165) is 11.3 Å². The number of nitrogens with zero attached hydrogens (tertiary/aromatic N) is 1. The van der Waals surface area contributed by atoms with Gasteiger partial charge in [0, 0.05) is 24.3 Å². The normalized spacial score (nSPS) is 11.8. The van der Waals surface area contributed by atoms with Gasteiger partial charge in [-0.3, -0.25) is 4.79 Å². The van der Waals surface area contributed by atoms with Crippen molar-refractivity contribution in [2.75, 3.05) is 20.8 Å². The van der Waals surface area contributed by atoms with Crippen molar-refractivity contribution in [3.8, 4) is 28.5 Å². The molecule has 0 aliphatic carbocycles. The fourth-order valence-electron chi connectivity index (χ4n) is 2.75. The van der Waals surface area contributed by atoms with E-state index in [2.05, 4.69) is 10.3 Å². The van der Waals surface area contributed by atoms with Crippen molar-refractivity contribution in [2.45, 2.75) is 13.0 Å². The maximum absolute atomic E-state index is 12.6. The van der Waals surface area contributed by atoms with Gasteiger partial charge >= 0.3 is 0 Å². The number of oxazole rings is 1. The molecular weight excluding hydrogens is 344 g/mol. The monoisotopic (exact) mass is 366 g/mol. The summed E-state index contributed by atoms with van der Waals surface area (Å²) in [5.41, 5.74) is 2.02. The summed E-state index contributed by atoms with van der Waals surface area (Å²) in [6.07, 6.45) is 1.65. The molecule has 0 aliphatic heterocycles. The predicted molar refractivity (Wildman–Crippen MR) is 103 cm³/mol. The third-order valence-electron chi connectivity index (χ3n) is 4.08. The number of hydrogen-bond donors (Lipinski definition) is 1. The number of methoxy groups -OCH3 is 2. The summed E-state index contributed by atoms with van der Waals surface area (Å²) < 4.78 is 16.2. The molecule has 0 bridgehead atoms. The van der Waals surface area contributed by atoms with Gasteiger partial charge in [-0.1, -0.05) is 12.1 Å². The lowest BCUT2D eigenvalue weighted by Gasteiger charge is -2.14. The van der Waals surface area contributed by atoms with Crippen LogP contribution in [0.15, 0.2) is 59.1 Å². The van der Waals surface area contributed by atoms with Crippen LogP contribution in [0.3, 0.4) is 0 Å². The highest BCUT2D eigenvalue weighted by atomic mass is 16.5. The van der Waals surface area contributed by atoms with Gasteiger partial charge in [0.25, 0.3) is 5.91 Å². The maximum atomic E-state index is 12.6. The van der Waals surface area contributed by atoms with Crippen LogP contribution < -0.4 is 10.1 Å². The van der Waals surface area contributed by atoms with Gasteiger partial charge < -0.3 is 19.2 Å². The molecule has 1 amide bonds. The molecule has 27 heavy (non-hydrogen) atoms. The standard InChI is InChI=1S/C21H22N2O4/c1-14(13-25-2)23-20(24)17-6-4-5-7-18(17)21-22-12-19(27-21)15-8-10-16(26-3)11-9-15/h4-12,14H,13H2,1-3H3,(H,23,24)/t14-/m0/s1. The van der Waals surface area contributed by atoms with Crippen LogP contribution in [0, 0.1) is 0 Å². The second-order valence-corrected chi connectivity index (χ2v) is 6.13. The summed E-state index contributed by atoms with van der Waals surface area (Å²) in [5.74, 6) is 1.59. The van der Waals surface area contributed by atoms with E-state index in [1.54, 1.807) is 26.5 Å². The molecule has 0 saturated carbocycles. The van der Waals surface area contributed by atoms with E-state index in [1.807, 2.05) is 49.4 Å². The second kappa shape index (κ2) is 8.51. The molecule has 1 heterocycles. The Morgan fingerprint density at radius 1 is 1.15 bits per heavy atom. The summed E-state index contributed by atoms with van der Waals surface area (Å²) in [6.45, 7) is 2.32. The van der Waals surface area contributed by atoms with E-state index in [-0.39, 0.29) is 11.9 Å². The molecule has 0 fully saturated rings. The van der Waals surface area contributed by atoms with Crippen molar-refractivity contribution in [1.82, 2.24) is 10.3 Å². The van der Waals surface area contributed by atoms with Gasteiger partial charge in [-0.25, -0.2) is 4.98 Å². The Kier molecular flexibility index (Phi) is 5.88. The zero-order chi connectivity index (χ0) is 19.2. The molecule has 6 nitrogen and oxygen atoms in total. The Morgan fingerprint density at radius 2 is 1.89 bits per heavy atom. The lowest BCUT2D eigenvalue weighted by atomic mass is 10.1. The third-order valence-corrected chi connectivity index (χ3v) is 4.08. The molecule has 1 N–H and O–H groups in total. The van der Waals surface area contributed by atoms with Crippen molar-refractivity contribution in [3.05, 3.63) is 60.3 Å². The molecule has 140 valence electrons. The zero-order valence-corrected chi connectivity index (χ0v) is 15.6. The summed E-state index contributed by atoms with van der Waals surface area (Å²) in [5, 5.41) is 2.91. The molecule has 6 heteroatoms. The Morgan fingerprint density at radius 3 is 2.59 bits per heavy atom. The molecular formula is C21H22N2O4. The topological polar surface area (TPSA) is 73.6 Å². The first-order valence-corrected chi connectivity index (χ1v) is 8.62. The van der Waals surface area contributed by atoms with E-state index in [4.69, 9.17) is 13.9 Å². The van der Waals surface area contributed by atoms with Crippen molar-refractivity contribution in [1.29, 1.82) is 0 Å². The molecule has 0 aliphatic rings. The predicted octanol–water partition coefficient (Wildman–Crippen LogP) is 3.78. The molecule has 0 saturated heterocycles. The van der Waals surface area contributed by atoms with Gasteiger partial charge in [0.2, 0.25) is 5.89 Å². The Balaban J connectivity index is 1.87. The summed E-state index contributed by atoms with van der Waals surface area (Å²) in [4.78, 5) is 17.0. The van der Waals surface area contributed by atoms with Crippen LogP contribution >= 0.6 is 0 Å². The maximum Gasteiger partial charge on any atom is 0.252 e. The number of carbonyl (C=O) groups is 1. The van der Waals surface area contributed by atoms with E-state index in [9.17, 15) is 4.79 Å². The van der Waals surface area contributed by atoms with Gasteiger partial charge in [-0.15, -0.1) is 0 Å². The van der Waals surface area contributed by atoms with E-state index in [0.29, 0.717) is 29.4 Å². The van der Waals surface area contributed by atoms with Crippen molar-refractivity contribution >= 4 is 5.91 Å². The van der Waals surface area contributed by atoms with Crippen LogP contribution in [-0.4, -0.2) is 37.8 Å². The molecule has 3 rings (SSSR count). The lowest BCUT2D eigenvalue weighted by molar-refractivity contribution is 0.0906. The number of hydrogen-bond acceptors (Lipinski definition) is 5. The molecule has 0 spiro atoms. The SMILES string of the molecule is COC[C@H](C)NC(=O)c1ccccc1-c1ncc(-c2ccc(OC)cc2)o1. The molecule has 2 aromatic carbocycles. The van der Waals surface area contributed by atoms with E-state index >= 15 is 0 Å². The largest absolute Gasteiger partial charge is 0.497 e. The Hall–Kier alpha value is -3.12. The van der Waals surface area contributed by atoms with Gasteiger partial charge in [0.05, 0.1) is 25.5 Å². The van der Waals surface area contributed by atoms with Crippen molar-refractivity contribution in [2.24, 2.45) is 0 Å². The van der Waals surface area contributed by atoms with E-state index < -0.39 is 0 Å². The highest BCUT2D eigenvalue weighted by Gasteiger charge is 2.18. The Labute approximate surface area is 158 Å². The fraction of sp³-hybridized carbons (Fsp3) is 0.238. The first-order valence-electron chi connectivity index (χ1n) is 8.62. The van der Waals surface area contributed by atoms with Gasteiger partial charge in [-0.05, 0) is 43.3 Å². The van der Waals surface area contributed by atoms with Crippen molar-refractivity contribution in [3.63, 3.8) is 0 Å². The average molecular weight is 366 g/mol. The minimum absolute atomic E-state index is 0.102. The highest BCUT2D eigenvalue weighted by molar-refractivity contribution is 6.00. The number of nitrogens with one attached hydrogen (secondary N) is 1. The van der Waals surface area contributed by atoms with Gasteiger partial charge in [0.15, 0.2) is 5.76 Å². The second-order valence-electron chi connectivity index (χ2n) is 6.13. The quantitative estimate of drug-likeness (QED) is 0.689. The molecule has 0 unspecified atom stereocenters. The first kappa shape index (κ1) is 18.7. The minimum atomic E-state index is -0.195. The van der Waals surface area contributed by atoms with Crippen LogP contribution in [0.2, 0.25) is 0 Å². The number of benzene rings is 2. The molecule has 1 atom stereocenters. The first-order chi connectivity index (χ1) is 13.1. The summed E-state index contributed by atoms with van der Waals surface area (Å²) in [6, 6.07) is 14.6. The van der Waals surface area contributed by atoms with Crippen LogP contribution in [0.25, 0.3) is 22.8 Å². The number of aromatic nitrogens is 1. The zero-order valence-electron chi connectivity index (χ0n) is 15.6. The van der Waals surface area contributed by atoms with Crippen molar-refractivity contribution < 1.29 is 18.7 Å². The molecule has 3 aromatic rings. The van der Waals surface area contributed by atoms with Gasteiger partial charge in [-0.2, -0.15) is 0 Å². The number of ether oxygens (including phenoxy) is 2. The minimum Gasteiger partial charge on any atom is -0.497 e. The lowest BCUT2D eigenvalue weighted by Crippen LogP contribution is -2.35. The van der Waals surface area contributed by atoms with Crippen LogP contribution in [0.1, 0.15) is 17.3 Å². The molecule has 1 aromatic heterocycles. The van der Waals surface area contributed by atoms with Gasteiger partial charge in [0.1, 0.15) is 5.75 Å². The Bertz CT molecular complexity index is 903. The van der Waals surface area contributed by atoms with Crippen LogP contribution in [0.4, 0.5) is 0 Å². The fourth-order valence-corrected chi connectivity index (χ4v) is 2.75. The van der Waals surface area contributed by atoms with Crippen LogP contribution in [-0.2, 0) is 4.74 Å². The average Bonchev–Trinajstić information content (AvgIpc) is 3.18. The number of carbonyl (C=O) groups excluding carboxylic acids is 1. The summed E-state index contributed by atoms with van der Waals surface area (Å²) in [7, 11) is 3.22. The highest BCUT2D eigenvalue weighted by Crippen LogP contribution is 2.29. The third kappa shape index (κ3) is 4.35. The smallest absolute Gasteiger partial charge is 0.252 e. The van der Waals surface area contributed by atoms with E-state index in [1.165, 1.54) is 0 Å². The summed E-state index contributed by atoms with van der Waals surface area (Å²) >= 11 is 0.